The Kier molecular flexibility index (Phi) is 3.47. The van der Waals surface area contributed by atoms with Crippen LogP contribution in [-0.4, -0.2) is 12.6 Å². The van der Waals surface area contributed by atoms with E-state index in [4.69, 9.17) is 11.6 Å². The van der Waals surface area contributed by atoms with Crippen molar-refractivity contribution in [3.63, 3.8) is 0 Å². The van der Waals surface area contributed by atoms with E-state index >= 15 is 0 Å². The molecule has 1 aromatic rings. The van der Waals surface area contributed by atoms with Gasteiger partial charge in [0, 0.05) is 0 Å². The lowest BCUT2D eigenvalue weighted by molar-refractivity contribution is 0.0521. The van der Waals surface area contributed by atoms with E-state index in [-0.39, 0.29) is 17.2 Å². The number of ether oxygens (including phenoxy) is 1. The first kappa shape index (κ1) is 11.0. The van der Waals surface area contributed by atoms with E-state index in [0.29, 0.717) is 5.56 Å². The van der Waals surface area contributed by atoms with Gasteiger partial charge in [-0.25, -0.2) is 9.18 Å². The van der Waals surface area contributed by atoms with Gasteiger partial charge in [-0.3, -0.25) is 0 Å². The monoisotopic (exact) mass is 216 g/mol. The second-order valence-corrected chi connectivity index (χ2v) is 3.18. The van der Waals surface area contributed by atoms with E-state index in [1.54, 1.807) is 13.8 Å². The minimum atomic E-state index is -0.723. The van der Waals surface area contributed by atoms with E-state index < -0.39 is 11.8 Å². The molecule has 76 valence electrons. The highest BCUT2D eigenvalue weighted by Gasteiger charge is 2.18. The third kappa shape index (κ3) is 2.04. The van der Waals surface area contributed by atoms with Crippen LogP contribution in [0.1, 0.15) is 22.8 Å². The Hall–Kier alpha value is -1.09. The summed E-state index contributed by atoms with van der Waals surface area (Å²) in [4.78, 5) is 11.3. The van der Waals surface area contributed by atoms with Gasteiger partial charge in [0.15, 0.2) is 0 Å². The molecule has 0 aromatic heterocycles. The minimum Gasteiger partial charge on any atom is -0.462 e. The van der Waals surface area contributed by atoms with Crippen LogP contribution in [0.2, 0.25) is 5.02 Å². The van der Waals surface area contributed by atoms with Crippen molar-refractivity contribution in [3.05, 3.63) is 34.1 Å². The molecule has 0 aliphatic rings. The van der Waals surface area contributed by atoms with Gasteiger partial charge >= 0.3 is 5.97 Å². The van der Waals surface area contributed by atoms with Gasteiger partial charge in [0.25, 0.3) is 0 Å². The average molecular weight is 217 g/mol. The number of aryl methyl sites for hydroxylation is 1. The van der Waals surface area contributed by atoms with E-state index in [0.717, 1.165) is 0 Å². The largest absolute Gasteiger partial charge is 0.462 e. The number of carbonyl (C=O) groups excluding carboxylic acids is 1. The van der Waals surface area contributed by atoms with Crippen LogP contribution in [0, 0.1) is 12.7 Å². The standard InChI is InChI=1S/C10H10ClFO2/c1-3-14-10(13)8-7(11)5-4-6(2)9(8)12/h4-5H,3H2,1-2H3. The van der Waals surface area contributed by atoms with Crippen molar-refractivity contribution in [1.29, 1.82) is 0 Å². The average Bonchev–Trinajstić information content (AvgIpc) is 2.13. The molecule has 0 radical (unpaired) electrons. The van der Waals surface area contributed by atoms with Gasteiger partial charge in [-0.2, -0.15) is 0 Å². The Morgan fingerprint density at radius 2 is 2.21 bits per heavy atom. The number of rotatable bonds is 2. The van der Waals surface area contributed by atoms with Gasteiger partial charge in [0.1, 0.15) is 11.4 Å². The molecule has 0 saturated carbocycles. The molecule has 1 aromatic carbocycles. The van der Waals surface area contributed by atoms with Crippen LogP contribution in [0.3, 0.4) is 0 Å². The number of benzene rings is 1. The quantitative estimate of drug-likeness (QED) is 0.711. The lowest BCUT2D eigenvalue weighted by atomic mass is 10.1. The fraction of sp³-hybridized carbons (Fsp3) is 0.300. The lowest BCUT2D eigenvalue weighted by Gasteiger charge is -2.06. The molecule has 2 nitrogen and oxygen atoms in total. The van der Waals surface area contributed by atoms with Gasteiger partial charge in [-0.15, -0.1) is 0 Å². The van der Waals surface area contributed by atoms with Crippen molar-refractivity contribution >= 4 is 17.6 Å². The molecule has 0 unspecified atom stereocenters. The number of halogens is 2. The fourth-order valence-corrected chi connectivity index (χ4v) is 1.27. The summed E-state index contributed by atoms with van der Waals surface area (Å²) in [6, 6.07) is 2.99. The Morgan fingerprint density at radius 1 is 1.57 bits per heavy atom. The van der Waals surface area contributed by atoms with Crippen LogP contribution in [0.25, 0.3) is 0 Å². The predicted octanol–water partition coefficient (Wildman–Crippen LogP) is 2.96. The molecule has 0 aliphatic carbocycles. The third-order valence-corrected chi connectivity index (χ3v) is 2.08. The zero-order chi connectivity index (χ0) is 10.7. The molecule has 0 heterocycles. The van der Waals surface area contributed by atoms with E-state index in [2.05, 4.69) is 4.74 Å². The smallest absolute Gasteiger partial charge is 0.342 e. The van der Waals surface area contributed by atoms with Crippen molar-refractivity contribution in [2.75, 3.05) is 6.61 Å². The van der Waals surface area contributed by atoms with E-state index in [1.807, 2.05) is 0 Å². The van der Waals surface area contributed by atoms with Crippen molar-refractivity contribution in [2.24, 2.45) is 0 Å². The number of hydrogen-bond acceptors (Lipinski definition) is 2. The first-order valence-corrected chi connectivity index (χ1v) is 4.57. The maximum Gasteiger partial charge on any atom is 0.342 e. The zero-order valence-electron chi connectivity index (χ0n) is 7.93. The number of hydrogen-bond donors (Lipinski definition) is 0. The summed E-state index contributed by atoms with van der Waals surface area (Å²) < 4.78 is 18.1. The van der Waals surface area contributed by atoms with Crippen molar-refractivity contribution in [2.45, 2.75) is 13.8 Å². The SMILES string of the molecule is CCOC(=O)c1c(Cl)ccc(C)c1F. The first-order chi connectivity index (χ1) is 6.57. The third-order valence-electron chi connectivity index (χ3n) is 1.76. The first-order valence-electron chi connectivity index (χ1n) is 4.19. The van der Waals surface area contributed by atoms with Gasteiger partial charge < -0.3 is 4.74 Å². The fourth-order valence-electron chi connectivity index (χ4n) is 1.05. The topological polar surface area (TPSA) is 26.3 Å². The van der Waals surface area contributed by atoms with Crippen LogP contribution in [0.5, 0.6) is 0 Å². The van der Waals surface area contributed by atoms with Crippen molar-refractivity contribution in [1.82, 2.24) is 0 Å². The number of carbonyl (C=O) groups is 1. The van der Waals surface area contributed by atoms with Crippen LogP contribution in [0.15, 0.2) is 12.1 Å². The molecule has 1 rings (SSSR count). The molecule has 14 heavy (non-hydrogen) atoms. The van der Waals surface area contributed by atoms with Gasteiger partial charge in [-0.1, -0.05) is 17.7 Å². The van der Waals surface area contributed by atoms with Crippen LogP contribution in [-0.2, 0) is 4.74 Å². The highest BCUT2D eigenvalue weighted by Crippen LogP contribution is 2.22. The summed E-state index contributed by atoms with van der Waals surface area (Å²) >= 11 is 5.69. The summed E-state index contributed by atoms with van der Waals surface area (Å²) in [6.45, 7) is 3.41. The predicted molar refractivity (Wildman–Crippen MR) is 52.1 cm³/mol. The summed E-state index contributed by atoms with van der Waals surface area (Å²) in [7, 11) is 0. The summed E-state index contributed by atoms with van der Waals surface area (Å²) in [6.07, 6.45) is 0. The molecule has 0 aliphatic heterocycles. The summed E-state index contributed by atoms with van der Waals surface area (Å²) in [5, 5.41) is 0.0755. The highest BCUT2D eigenvalue weighted by molar-refractivity contribution is 6.33. The molecule has 0 N–H and O–H groups in total. The Bertz CT molecular complexity index is 363. The molecule has 0 bridgehead atoms. The molecule has 0 atom stereocenters. The maximum atomic E-state index is 13.5. The van der Waals surface area contributed by atoms with E-state index in [9.17, 15) is 9.18 Å². The maximum absolute atomic E-state index is 13.5. The molecule has 0 saturated heterocycles. The Morgan fingerprint density at radius 3 is 2.79 bits per heavy atom. The van der Waals surface area contributed by atoms with Gasteiger partial charge in [-0.05, 0) is 25.5 Å². The molecule has 0 fully saturated rings. The molecule has 0 amide bonds. The Balaban J connectivity index is 3.18. The summed E-state index contributed by atoms with van der Waals surface area (Å²) in [5.41, 5.74) is 0.186. The second kappa shape index (κ2) is 4.42. The second-order valence-electron chi connectivity index (χ2n) is 2.77. The lowest BCUT2D eigenvalue weighted by Crippen LogP contribution is -2.09. The van der Waals surface area contributed by atoms with Crippen molar-refractivity contribution in [3.8, 4) is 0 Å². The minimum absolute atomic E-state index is 0.0755. The Labute approximate surface area is 86.6 Å². The zero-order valence-corrected chi connectivity index (χ0v) is 8.69. The van der Waals surface area contributed by atoms with Gasteiger partial charge in [0.05, 0.1) is 11.6 Å². The van der Waals surface area contributed by atoms with Crippen LogP contribution in [0.4, 0.5) is 4.39 Å². The van der Waals surface area contributed by atoms with Crippen LogP contribution >= 0.6 is 11.6 Å². The molecule has 4 heteroatoms. The highest BCUT2D eigenvalue weighted by atomic mass is 35.5. The molecular formula is C10H10ClFO2. The van der Waals surface area contributed by atoms with Crippen LogP contribution < -0.4 is 0 Å². The van der Waals surface area contributed by atoms with Crippen molar-refractivity contribution < 1.29 is 13.9 Å². The normalized spacial score (nSPS) is 10.0. The van der Waals surface area contributed by atoms with Gasteiger partial charge in [0.2, 0.25) is 0 Å². The molecular weight excluding hydrogens is 207 g/mol. The van der Waals surface area contributed by atoms with E-state index in [1.165, 1.54) is 12.1 Å². The molecule has 0 spiro atoms. The number of esters is 1. The summed E-state index contributed by atoms with van der Waals surface area (Å²) in [5.74, 6) is -1.34.